The molecule has 1 N–H and O–H groups in total. The number of piperidine rings is 1. The molecule has 1 aromatic heterocycles. The van der Waals surface area contributed by atoms with Gasteiger partial charge in [0.15, 0.2) is 0 Å². The molecule has 5 nitrogen and oxygen atoms in total. The van der Waals surface area contributed by atoms with Crippen LogP contribution in [0.3, 0.4) is 0 Å². The lowest BCUT2D eigenvalue weighted by molar-refractivity contribution is 0.222. The van der Waals surface area contributed by atoms with E-state index in [1.807, 2.05) is 18.7 Å². The van der Waals surface area contributed by atoms with E-state index in [9.17, 15) is 8.42 Å². The number of nitrogens with zero attached hydrogens (tertiary/aromatic N) is 2. The summed E-state index contributed by atoms with van der Waals surface area (Å²) in [6, 6.07) is 1.77. The maximum atomic E-state index is 12.7. The van der Waals surface area contributed by atoms with E-state index in [0.717, 1.165) is 12.1 Å². The molecule has 2 rings (SSSR count). The molecule has 1 aromatic rings. The average Bonchev–Trinajstić information content (AvgIpc) is 2.71. The lowest BCUT2D eigenvalue weighted by atomic mass is 9.94. The second-order valence-corrected chi connectivity index (χ2v) is 8.01. The Morgan fingerprint density at radius 2 is 1.90 bits per heavy atom. The summed E-state index contributed by atoms with van der Waals surface area (Å²) in [5.41, 5.74) is 0.976. The van der Waals surface area contributed by atoms with Crippen molar-refractivity contribution in [2.75, 3.05) is 20.1 Å². The smallest absolute Gasteiger partial charge is 0.244 e. The van der Waals surface area contributed by atoms with Crippen molar-refractivity contribution in [1.82, 2.24) is 14.2 Å². The second kappa shape index (κ2) is 5.87. The van der Waals surface area contributed by atoms with Crippen molar-refractivity contribution in [3.8, 4) is 0 Å². The van der Waals surface area contributed by atoms with Crippen LogP contribution in [-0.2, 0) is 23.6 Å². The summed E-state index contributed by atoms with van der Waals surface area (Å²) in [6.07, 6.45) is 2.82. The molecule has 1 fully saturated rings. The van der Waals surface area contributed by atoms with Crippen LogP contribution in [0.5, 0.6) is 0 Å². The summed E-state index contributed by atoms with van der Waals surface area (Å²) >= 11 is 0. The standard InChI is InChI=1S/C14H25N3O2S/c1-11-5-12(2)9-17(8-11)20(18,19)14-6-13(7-15-3)16(4)10-14/h6,10-12,15H,5,7-9H2,1-4H3. The zero-order valence-corrected chi connectivity index (χ0v) is 13.6. The first kappa shape index (κ1) is 15.5. The van der Waals surface area contributed by atoms with E-state index >= 15 is 0 Å². The van der Waals surface area contributed by atoms with E-state index in [0.29, 0.717) is 36.4 Å². The average molecular weight is 299 g/mol. The van der Waals surface area contributed by atoms with E-state index in [1.54, 1.807) is 16.6 Å². The number of aromatic nitrogens is 1. The van der Waals surface area contributed by atoms with E-state index in [4.69, 9.17) is 0 Å². The van der Waals surface area contributed by atoms with Crippen molar-refractivity contribution in [3.63, 3.8) is 0 Å². The molecule has 0 spiro atoms. The van der Waals surface area contributed by atoms with Gasteiger partial charge >= 0.3 is 0 Å². The Kier molecular flexibility index (Phi) is 4.56. The normalized spacial score (nSPS) is 25.0. The molecule has 0 radical (unpaired) electrons. The van der Waals surface area contributed by atoms with Crippen molar-refractivity contribution in [2.24, 2.45) is 18.9 Å². The first-order valence-corrected chi connectivity index (χ1v) is 8.58. The van der Waals surface area contributed by atoms with Gasteiger partial charge in [-0.05, 0) is 31.4 Å². The Hall–Kier alpha value is -0.850. The van der Waals surface area contributed by atoms with Gasteiger partial charge in [-0.2, -0.15) is 4.31 Å². The van der Waals surface area contributed by atoms with Crippen LogP contribution in [0.15, 0.2) is 17.2 Å². The first-order chi connectivity index (χ1) is 9.34. The number of sulfonamides is 1. The predicted molar refractivity (Wildman–Crippen MR) is 79.9 cm³/mol. The maximum Gasteiger partial charge on any atom is 0.244 e. The van der Waals surface area contributed by atoms with Crippen molar-refractivity contribution < 1.29 is 8.42 Å². The third-order valence-corrected chi connectivity index (χ3v) is 5.71. The lowest BCUT2D eigenvalue weighted by Crippen LogP contribution is -2.42. The Bertz CT molecular complexity index is 555. The van der Waals surface area contributed by atoms with Crippen molar-refractivity contribution in [1.29, 1.82) is 0 Å². The van der Waals surface area contributed by atoms with Gasteiger partial charge in [0.2, 0.25) is 10.0 Å². The third-order valence-electron chi connectivity index (χ3n) is 3.91. The minimum Gasteiger partial charge on any atom is -0.352 e. The highest BCUT2D eigenvalue weighted by Crippen LogP contribution is 2.27. The molecule has 2 heterocycles. The third kappa shape index (κ3) is 3.07. The van der Waals surface area contributed by atoms with Crippen LogP contribution < -0.4 is 5.32 Å². The van der Waals surface area contributed by atoms with Crippen LogP contribution in [0.2, 0.25) is 0 Å². The molecule has 0 amide bonds. The molecule has 2 atom stereocenters. The quantitative estimate of drug-likeness (QED) is 0.914. The summed E-state index contributed by atoms with van der Waals surface area (Å²) in [6.45, 7) is 6.16. The van der Waals surface area contributed by atoms with Gasteiger partial charge in [0.1, 0.15) is 4.90 Å². The highest BCUT2D eigenvalue weighted by atomic mass is 32.2. The van der Waals surface area contributed by atoms with Crippen LogP contribution in [0.1, 0.15) is 26.0 Å². The minimum atomic E-state index is -3.36. The number of hydrogen-bond donors (Lipinski definition) is 1. The van der Waals surface area contributed by atoms with Crippen molar-refractivity contribution >= 4 is 10.0 Å². The predicted octanol–water partition coefficient (Wildman–Crippen LogP) is 1.41. The molecular formula is C14H25N3O2S. The summed E-state index contributed by atoms with van der Waals surface area (Å²) in [5, 5.41) is 3.05. The van der Waals surface area contributed by atoms with Gasteiger partial charge in [-0.3, -0.25) is 0 Å². The van der Waals surface area contributed by atoms with Crippen LogP contribution in [-0.4, -0.2) is 37.4 Å². The monoisotopic (exact) mass is 299 g/mol. The fourth-order valence-corrected chi connectivity index (χ4v) is 4.80. The van der Waals surface area contributed by atoms with Gasteiger partial charge in [0, 0.05) is 38.6 Å². The topological polar surface area (TPSA) is 54.3 Å². The Balaban J connectivity index is 2.27. The Morgan fingerprint density at radius 3 is 2.45 bits per heavy atom. The molecule has 0 bridgehead atoms. The van der Waals surface area contributed by atoms with Crippen LogP contribution >= 0.6 is 0 Å². The molecule has 2 unspecified atom stereocenters. The maximum absolute atomic E-state index is 12.7. The molecule has 1 aliphatic rings. The summed E-state index contributed by atoms with van der Waals surface area (Å²) in [5.74, 6) is 0.850. The molecular weight excluding hydrogens is 274 g/mol. The van der Waals surface area contributed by atoms with Gasteiger partial charge in [0.25, 0.3) is 0 Å². The summed E-state index contributed by atoms with van der Waals surface area (Å²) in [4.78, 5) is 0.409. The zero-order valence-electron chi connectivity index (χ0n) is 12.8. The molecule has 20 heavy (non-hydrogen) atoms. The highest BCUT2D eigenvalue weighted by Gasteiger charge is 2.32. The minimum absolute atomic E-state index is 0.409. The summed E-state index contributed by atoms with van der Waals surface area (Å²) < 4.78 is 29.0. The lowest BCUT2D eigenvalue weighted by Gasteiger charge is -2.33. The molecule has 0 saturated carbocycles. The van der Waals surface area contributed by atoms with Gasteiger partial charge in [-0.25, -0.2) is 8.42 Å². The van der Waals surface area contributed by atoms with E-state index in [-0.39, 0.29) is 0 Å². The molecule has 1 saturated heterocycles. The number of rotatable bonds is 4. The van der Waals surface area contributed by atoms with Gasteiger partial charge in [-0.1, -0.05) is 13.8 Å². The van der Waals surface area contributed by atoms with Crippen molar-refractivity contribution in [3.05, 3.63) is 18.0 Å². The van der Waals surface area contributed by atoms with Crippen LogP contribution in [0, 0.1) is 11.8 Å². The number of aryl methyl sites for hydroxylation is 1. The molecule has 6 heteroatoms. The molecule has 114 valence electrons. The van der Waals surface area contributed by atoms with Gasteiger partial charge in [0.05, 0.1) is 0 Å². The Labute approximate surface area is 122 Å². The zero-order chi connectivity index (χ0) is 14.9. The largest absolute Gasteiger partial charge is 0.352 e. The first-order valence-electron chi connectivity index (χ1n) is 7.14. The SMILES string of the molecule is CNCc1cc(S(=O)(=O)N2CC(C)CC(C)C2)cn1C. The number of hydrogen-bond acceptors (Lipinski definition) is 3. The fourth-order valence-electron chi connectivity index (χ4n) is 3.03. The van der Waals surface area contributed by atoms with Gasteiger partial charge < -0.3 is 9.88 Å². The Morgan fingerprint density at radius 1 is 1.30 bits per heavy atom. The van der Waals surface area contributed by atoms with E-state index in [1.165, 1.54) is 0 Å². The van der Waals surface area contributed by atoms with E-state index in [2.05, 4.69) is 19.2 Å². The fraction of sp³-hybridized carbons (Fsp3) is 0.714. The van der Waals surface area contributed by atoms with Gasteiger partial charge in [-0.15, -0.1) is 0 Å². The van der Waals surface area contributed by atoms with Crippen molar-refractivity contribution in [2.45, 2.75) is 31.7 Å². The molecule has 0 aromatic carbocycles. The van der Waals surface area contributed by atoms with Crippen LogP contribution in [0.25, 0.3) is 0 Å². The molecule has 1 aliphatic heterocycles. The summed E-state index contributed by atoms with van der Waals surface area (Å²) in [7, 11) is 0.375. The van der Waals surface area contributed by atoms with Crippen LogP contribution in [0.4, 0.5) is 0 Å². The number of nitrogens with one attached hydrogen (secondary N) is 1. The molecule has 0 aliphatic carbocycles. The highest BCUT2D eigenvalue weighted by molar-refractivity contribution is 7.89. The second-order valence-electron chi connectivity index (χ2n) is 6.08. The van der Waals surface area contributed by atoms with E-state index < -0.39 is 10.0 Å².